The molecule has 72 valence electrons. The molecule has 0 unspecified atom stereocenters. The summed E-state index contributed by atoms with van der Waals surface area (Å²) in [5.41, 5.74) is 5.36. The first-order chi connectivity index (χ1) is 5.91. The van der Waals surface area contributed by atoms with Crippen molar-refractivity contribution in [1.29, 1.82) is 0 Å². The fourth-order valence-electron chi connectivity index (χ4n) is 1.03. The molecule has 0 saturated heterocycles. The highest BCUT2D eigenvalue weighted by molar-refractivity contribution is 4.76. The van der Waals surface area contributed by atoms with Crippen LogP contribution in [0.5, 0.6) is 0 Å². The maximum absolute atomic E-state index is 5.36. The first kappa shape index (κ1) is 11.7. The Kier molecular flexibility index (Phi) is 10.4. The summed E-state index contributed by atoms with van der Waals surface area (Å²) < 4.78 is 0. The number of hydrogen-bond acceptors (Lipinski definition) is 2. The van der Waals surface area contributed by atoms with E-state index in [1.807, 2.05) is 0 Å². The topological polar surface area (TPSA) is 38.0 Å². The van der Waals surface area contributed by atoms with E-state index >= 15 is 0 Å². The van der Waals surface area contributed by atoms with Gasteiger partial charge in [0.2, 0.25) is 0 Å². The SMILES string of the molecule is C/C=C/CCCCNCCCN. The van der Waals surface area contributed by atoms with Gasteiger partial charge in [-0.25, -0.2) is 0 Å². The normalized spacial score (nSPS) is 11.2. The van der Waals surface area contributed by atoms with Crippen LogP contribution in [-0.4, -0.2) is 19.6 Å². The van der Waals surface area contributed by atoms with E-state index in [-0.39, 0.29) is 0 Å². The smallest absolute Gasteiger partial charge is 0.00369 e. The van der Waals surface area contributed by atoms with Crippen LogP contribution in [-0.2, 0) is 0 Å². The van der Waals surface area contributed by atoms with Gasteiger partial charge in [0.1, 0.15) is 0 Å². The summed E-state index contributed by atoms with van der Waals surface area (Å²) in [5, 5.41) is 3.36. The van der Waals surface area contributed by atoms with Gasteiger partial charge in [0.05, 0.1) is 0 Å². The van der Waals surface area contributed by atoms with Crippen LogP contribution in [0.2, 0.25) is 0 Å². The van der Waals surface area contributed by atoms with Crippen LogP contribution in [0.3, 0.4) is 0 Å². The molecule has 0 heterocycles. The molecule has 0 fully saturated rings. The summed E-state index contributed by atoms with van der Waals surface area (Å²) in [5.74, 6) is 0. The molecule has 0 aliphatic carbocycles. The first-order valence-electron chi connectivity index (χ1n) is 4.93. The number of unbranched alkanes of at least 4 members (excludes halogenated alkanes) is 2. The molecular weight excluding hydrogens is 148 g/mol. The number of nitrogens with one attached hydrogen (secondary N) is 1. The van der Waals surface area contributed by atoms with Gasteiger partial charge in [0.25, 0.3) is 0 Å². The Balaban J connectivity index is 2.81. The van der Waals surface area contributed by atoms with Crippen LogP contribution in [0, 0.1) is 0 Å². The summed E-state index contributed by atoms with van der Waals surface area (Å²) >= 11 is 0. The van der Waals surface area contributed by atoms with Gasteiger partial charge in [-0.05, 0) is 52.2 Å². The van der Waals surface area contributed by atoms with E-state index in [4.69, 9.17) is 5.73 Å². The van der Waals surface area contributed by atoms with Crippen LogP contribution in [0.1, 0.15) is 32.6 Å². The number of nitrogens with two attached hydrogens (primary N) is 1. The third-order valence-corrected chi connectivity index (χ3v) is 1.77. The second-order valence-electron chi connectivity index (χ2n) is 2.96. The molecule has 0 aromatic carbocycles. The molecule has 0 radical (unpaired) electrons. The van der Waals surface area contributed by atoms with Gasteiger partial charge < -0.3 is 11.1 Å². The Morgan fingerprint density at radius 1 is 1.17 bits per heavy atom. The van der Waals surface area contributed by atoms with Crippen molar-refractivity contribution >= 4 is 0 Å². The Labute approximate surface area is 76.2 Å². The molecule has 0 aliphatic rings. The van der Waals surface area contributed by atoms with Crippen molar-refractivity contribution in [2.45, 2.75) is 32.6 Å². The monoisotopic (exact) mass is 170 g/mol. The van der Waals surface area contributed by atoms with Gasteiger partial charge in [-0.15, -0.1) is 0 Å². The Hall–Kier alpha value is -0.340. The van der Waals surface area contributed by atoms with E-state index in [0.29, 0.717) is 0 Å². The molecule has 2 heteroatoms. The summed E-state index contributed by atoms with van der Waals surface area (Å²) in [7, 11) is 0. The number of rotatable bonds is 8. The largest absolute Gasteiger partial charge is 0.330 e. The maximum atomic E-state index is 5.36. The first-order valence-corrected chi connectivity index (χ1v) is 4.93. The van der Waals surface area contributed by atoms with Crippen molar-refractivity contribution < 1.29 is 0 Å². The molecule has 0 amide bonds. The molecule has 12 heavy (non-hydrogen) atoms. The van der Waals surface area contributed by atoms with Crippen molar-refractivity contribution in [1.82, 2.24) is 5.32 Å². The molecule has 0 aromatic heterocycles. The average Bonchev–Trinajstić information content (AvgIpc) is 2.10. The van der Waals surface area contributed by atoms with Crippen LogP contribution in [0.4, 0.5) is 0 Å². The van der Waals surface area contributed by atoms with Crippen LogP contribution in [0.15, 0.2) is 12.2 Å². The lowest BCUT2D eigenvalue weighted by molar-refractivity contribution is 0.610. The minimum absolute atomic E-state index is 0.797. The summed E-state index contributed by atoms with van der Waals surface area (Å²) in [6, 6.07) is 0. The predicted octanol–water partition coefficient (Wildman–Crippen LogP) is 1.67. The lowest BCUT2D eigenvalue weighted by Crippen LogP contribution is -2.19. The van der Waals surface area contributed by atoms with Gasteiger partial charge in [0, 0.05) is 0 Å². The van der Waals surface area contributed by atoms with Crippen molar-refractivity contribution in [3.8, 4) is 0 Å². The third kappa shape index (κ3) is 9.66. The summed E-state index contributed by atoms with van der Waals surface area (Å²) in [6.45, 7) is 5.07. The molecule has 0 rings (SSSR count). The van der Waals surface area contributed by atoms with Gasteiger partial charge in [-0.1, -0.05) is 12.2 Å². The minimum Gasteiger partial charge on any atom is -0.330 e. The molecule has 3 N–H and O–H groups in total. The fourth-order valence-corrected chi connectivity index (χ4v) is 1.03. The van der Waals surface area contributed by atoms with Crippen molar-refractivity contribution in [3.05, 3.63) is 12.2 Å². The quantitative estimate of drug-likeness (QED) is 0.429. The van der Waals surface area contributed by atoms with Crippen molar-refractivity contribution in [2.75, 3.05) is 19.6 Å². The lowest BCUT2D eigenvalue weighted by atomic mass is 10.2. The molecule has 0 spiro atoms. The minimum atomic E-state index is 0.797. The molecule has 0 bridgehead atoms. The van der Waals surface area contributed by atoms with E-state index in [1.54, 1.807) is 0 Å². The van der Waals surface area contributed by atoms with Gasteiger partial charge in [0.15, 0.2) is 0 Å². The van der Waals surface area contributed by atoms with E-state index < -0.39 is 0 Å². The third-order valence-electron chi connectivity index (χ3n) is 1.77. The molecule has 0 saturated carbocycles. The molecule has 0 aromatic rings. The standard InChI is InChI=1S/C10H22N2/c1-2-3-4-5-6-9-12-10-7-8-11/h2-3,12H,4-11H2,1H3/b3-2+. The van der Waals surface area contributed by atoms with E-state index in [0.717, 1.165) is 26.1 Å². The van der Waals surface area contributed by atoms with Crippen LogP contribution in [0.25, 0.3) is 0 Å². The second kappa shape index (κ2) is 10.7. The maximum Gasteiger partial charge on any atom is -0.00369 e. The highest BCUT2D eigenvalue weighted by Crippen LogP contribution is 1.94. The zero-order chi connectivity index (χ0) is 9.07. The van der Waals surface area contributed by atoms with Crippen LogP contribution < -0.4 is 11.1 Å². The molecule has 0 atom stereocenters. The average molecular weight is 170 g/mol. The Bertz CT molecular complexity index is 100. The highest BCUT2D eigenvalue weighted by atomic mass is 14.8. The van der Waals surface area contributed by atoms with E-state index in [9.17, 15) is 0 Å². The van der Waals surface area contributed by atoms with Crippen molar-refractivity contribution in [2.24, 2.45) is 5.73 Å². The molecule has 0 aliphatic heterocycles. The molecular formula is C10H22N2. The summed E-state index contributed by atoms with van der Waals surface area (Å²) in [4.78, 5) is 0. The Morgan fingerprint density at radius 3 is 2.58 bits per heavy atom. The van der Waals surface area contributed by atoms with E-state index in [2.05, 4.69) is 24.4 Å². The van der Waals surface area contributed by atoms with E-state index in [1.165, 1.54) is 19.3 Å². The number of hydrogen-bond donors (Lipinski definition) is 2. The lowest BCUT2D eigenvalue weighted by Gasteiger charge is -2.01. The molecule has 2 nitrogen and oxygen atoms in total. The zero-order valence-corrected chi connectivity index (χ0v) is 8.18. The second-order valence-corrected chi connectivity index (χ2v) is 2.96. The predicted molar refractivity (Wildman–Crippen MR) is 55.2 cm³/mol. The summed E-state index contributed by atoms with van der Waals surface area (Å²) in [6.07, 6.45) is 9.21. The van der Waals surface area contributed by atoms with Gasteiger partial charge in [-0.3, -0.25) is 0 Å². The van der Waals surface area contributed by atoms with Crippen molar-refractivity contribution in [3.63, 3.8) is 0 Å². The zero-order valence-electron chi connectivity index (χ0n) is 8.18. The number of allylic oxidation sites excluding steroid dienone is 2. The van der Waals surface area contributed by atoms with Gasteiger partial charge >= 0.3 is 0 Å². The van der Waals surface area contributed by atoms with Gasteiger partial charge in [-0.2, -0.15) is 0 Å². The highest BCUT2D eigenvalue weighted by Gasteiger charge is 1.86. The van der Waals surface area contributed by atoms with Crippen LogP contribution >= 0.6 is 0 Å². The fraction of sp³-hybridized carbons (Fsp3) is 0.800. The Morgan fingerprint density at radius 2 is 1.92 bits per heavy atom.